The van der Waals surface area contributed by atoms with Gasteiger partial charge in [0.25, 0.3) is 5.91 Å². The molecule has 1 atom stereocenters. The molecule has 3 aromatic rings. The van der Waals surface area contributed by atoms with E-state index in [1.54, 1.807) is 24.3 Å². The molecule has 2 N–H and O–H groups in total. The second kappa shape index (κ2) is 8.28. The molecule has 27 heavy (non-hydrogen) atoms. The molecule has 140 valence electrons. The van der Waals surface area contributed by atoms with Gasteiger partial charge in [-0.2, -0.15) is 0 Å². The van der Waals surface area contributed by atoms with Gasteiger partial charge in [0.2, 0.25) is 0 Å². The van der Waals surface area contributed by atoms with Crippen LogP contribution in [0.1, 0.15) is 22.2 Å². The first kappa shape index (κ1) is 19.0. The van der Waals surface area contributed by atoms with E-state index in [0.29, 0.717) is 21.5 Å². The lowest BCUT2D eigenvalue weighted by Crippen LogP contribution is -2.13. The quantitative estimate of drug-likeness (QED) is 0.621. The summed E-state index contributed by atoms with van der Waals surface area (Å²) in [5, 5.41) is 20.7. The van der Waals surface area contributed by atoms with Crippen molar-refractivity contribution in [2.24, 2.45) is 0 Å². The predicted molar refractivity (Wildman–Crippen MR) is 100 cm³/mol. The summed E-state index contributed by atoms with van der Waals surface area (Å²) in [5.74, 6) is -0.360. The van der Waals surface area contributed by atoms with Gasteiger partial charge in [-0.15, -0.1) is 5.10 Å². The third-order valence-corrected chi connectivity index (χ3v) is 4.46. The van der Waals surface area contributed by atoms with Crippen LogP contribution in [0, 0.1) is 5.82 Å². The highest BCUT2D eigenvalue weighted by molar-refractivity contribution is 9.10. The molecule has 1 heterocycles. The molecule has 0 fully saturated rings. The number of aliphatic hydroxyl groups is 1. The number of anilines is 1. The second-order valence-electron chi connectivity index (χ2n) is 5.66. The number of ether oxygens (including phenoxy) is 1. The zero-order chi connectivity index (χ0) is 19.4. The minimum absolute atomic E-state index is 0.0680. The number of nitrogens with one attached hydrogen (secondary N) is 1. The molecule has 1 aromatic heterocycles. The number of carbonyl (C=O) groups is 1. The maximum atomic E-state index is 13.1. The smallest absolute Gasteiger partial charge is 0.277 e. The summed E-state index contributed by atoms with van der Waals surface area (Å²) in [6.07, 6.45) is 0.538. The van der Waals surface area contributed by atoms with E-state index in [-0.39, 0.29) is 12.2 Å². The minimum Gasteiger partial charge on any atom is -0.496 e. The summed E-state index contributed by atoms with van der Waals surface area (Å²) in [6, 6.07) is 11.0. The van der Waals surface area contributed by atoms with E-state index in [1.165, 1.54) is 36.2 Å². The average Bonchev–Trinajstić information content (AvgIpc) is 3.12. The number of amides is 1. The number of hydrogen-bond donors (Lipinski definition) is 2. The summed E-state index contributed by atoms with van der Waals surface area (Å²) in [7, 11) is 1.52. The third-order valence-electron chi connectivity index (χ3n) is 3.81. The highest BCUT2D eigenvalue weighted by Gasteiger charge is 2.17. The Hall–Kier alpha value is -2.78. The molecule has 1 amide bonds. The van der Waals surface area contributed by atoms with Crippen molar-refractivity contribution in [3.05, 3.63) is 70.2 Å². The molecule has 0 radical (unpaired) electrons. The highest BCUT2D eigenvalue weighted by Crippen LogP contribution is 2.26. The summed E-state index contributed by atoms with van der Waals surface area (Å²) in [6.45, 7) is 0.0981. The van der Waals surface area contributed by atoms with Crippen molar-refractivity contribution >= 4 is 27.5 Å². The molecule has 0 aliphatic heterocycles. The van der Waals surface area contributed by atoms with Gasteiger partial charge in [-0.25, -0.2) is 9.07 Å². The van der Waals surface area contributed by atoms with E-state index in [0.717, 1.165) is 0 Å². The second-order valence-corrected chi connectivity index (χ2v) is 6.52. The van der Waals surface area contributed by atoms with Crippen LogP contribution in [0.3, 0.4) is 0 Å². The topological polar surface area (TPSA) is 89.3 Å². The molecule has 0 spiro atoms. The standard InChI is InChI=1S/C18H16BrFN4O3/c1-27-17-5-3-2-4-12(17)16(25)10-24-9-15(22-23-24)18(26)21-14-7-6-11(20)8-13(14)19/h2-9,16,25H,10H2,1H3,(H,21,26)/t16-/m0/s1. The molecule has 2 aromatic carbocycles. The van der Waals surface area contributed by atoms with E-state index in [1.807, 2.05) is 0 Å². The van der Waals surface area contributed by atoms with Crippen LogP contribution in [0.25, 0.3) is 0 Å². The Bertz CT molecular complexity index is 963. The molecule has 0 aliphatic rings. The SMILES string of the molecule is COc1ccccc1[C@@H](O)Cn1cc(C(=O)Nc2ccc(F)cc2Br)nn1. The number of halogens is 2. The normalized spacial score (nSPS) is 11.9. The van der Waals surface area contributed by atoms with Gasteiger partial charge in [0.1, 0.15) is 17.7 Å². The summed E-state index contributed by atoms with van der Waals surface area (Å²) in [5.41, 5.74) is 1.08. The van der Waals surface area contributed by atoms with Crippen LogP contribution in [0.4, 0.5) is 10.1 Å². The van der Waals surface area contributed by atoms with E-state index in [2.05, 4.69) is 31.6 Å². The Morgan fingerprint density at radius 2 is 2.15 bits per heavy atom. The summed E-state index contributed by atoms with van der Waals surface area (Å²) >= 11 is 3.18. The van der Waals surface area contributed by atoms with Gasteiger partial charge >= 0.3 is 0 Å². The molecule has 0 saturated heterocycles. The maximum Gasteiger partial charge on any atom is 0.277 e. The van der Waals surface area contributed by atoms with Crippen LogP contribution in [-0.4, -0.2) is 33.1 Å². The first-order valence-electron chi connectivity index (χ1n) is 7.95. The Balaban J connectivity index is 1.69. The number of methoxy groups -OCH3 is 1. The fraction of sp³-hybridized carbons (Fsp3) is 0.167. The number of rotatable bonds is 6. The van der Waals surface area contributed by atoms with E-state index >= 15 is 0 Å². The molecule has 0 aliphatic carbocycles. The number of hydrogen-bond acceptors (Lipinski definition) is 5. The van der Waals surface area contributed by atoms with Crippen molar-refractivity contribution in [3.8, 4) is 5.75 Å². The number of aliphatic hydroxyl groups excluding tert-OH is 1. The summed E-state index contributed by atoms with van der Waals surface area (Å²) in [4.78, 5) is 12.3. The summed E-state index contributed by atoms with van der Waals surface area (Å²) < 4.78 is 20.1. The molecule has 3 rings (SSSR count). The number of para-hydroxylation sites is 1. The van der Waals surface area contributed by atoms with Crippen molar-refractivity contribution in [1.82, 2.24) is 15.0 Å². The van der Waals surface area contributed by atoms with Gasteiger partial charge < -0.3 is 15.2 Å². The predicted octanol–water partition coefficient (Wildman–Crippen LogP) is 3.17. The van der Waals surface area contributed by atoms with E-state index in [4.69, 9.17) is 4.74 Å². The number of carbonyl (C=O) groups excluding carboxylic acids is 1. The molecule has 7 nitrogen and oxygen atoms in total. The van der Waals surface area contributed by atoms with Gasteiger partial charge in [-0.3, -0.25) is 4.79 Å². The van der Waals surface area contributed by atoms with Crippen molar-refractivity contribution in [3.63, 3.8) is 0 Å². The van der Waals surface area contributed by atoms with Crippen LogP contribution < -0.4 is 10.1 Å². The van der Waals surface area contributed by atoms with Crippen LogP contribution in [-0.2, 0) is 6.54 Å². The lowest BCUT2D eigenvalue weighted by Gasteiger charge is -2.14. The molecular weight excluding hydrogens is 419 g/mol. The monoisotopic (exact) mass is 434 g/mol. The first-order valence-corrected chi connectivity index (χ1v) is 8.74. The zero-order valence-electron chi connectivity index (χ0n) is 14.3. The largest absolute Gasteiger partial charge is 0.496 e. The Morgan fingerprint density at radius 1 is 1.37 bits per heavy atom. The van der Waals surface area contributed by atoms with Crippen molar-refractivity contribution in [2.75, 3.05) is 12.4 Å². The van der Waals surface area contributed by atoms with Gasteiger partial charge in [-0.1, -0.05) is 23.4 Å². The van der Waals surface area contributed by atoms with Gasteiger partial charge in [-0.05, 0) is 40.2 Å². The van der Waals surface area contributed by atoms with Gasteiger partial charge in [0.05, 0.1) is 25.5 Å². The molecule has 0 unspecified atom stereocenters. The number of aromatic nitrogens is 3. The fourth-order valence-corrected chi connectivity index (χ4v) is 2.94. The zero-order valence-corrected chi connectivity index (χ0v) is 15.9. The number of benzene rings is 2. The first-order chi connectivity index (χ1) is 13.0. The van der Waals surface area contributed by atoms with Gasteiger partial charge in [0, 0.05) is 10.0 Å². The molecule has 9 heteroatoms. The fourth-order valence-electron chi connectivity index (χ4n) is 2.49. The van der Waals surface area contributed by atoms with Crippen LogP contribution in [0.2, 0.25) is 0 Å². The Morgan fingerprint density at radius 3 is 2.89 bits per heavy atom. The molecule has 0 saturated carbocycles. The van der Waals surface area contributed by atoms with Crippen LogP contribution >= 0.6 is 15.9 Å². The lowest BCUT2D eigenvalue weighted by atomic mass is 10.1. The van der Waals surface area contributed by atoms with Crippen molar-refractivity contribution < 1.29 is 19.0 Å². The lowest BCUT2D eigenvalue weighted by molar-refractivity contribution is 0.102. The van der Waals surface area contributed by atoms with E-state index in [9.17, 15) is 14.3 Å². The molecule has 0 bridgehead atoms. The maximum absolute atomic E-state index is 13.1. The van der Waals surface area contributed by atoms with Crippen LogP contribution in [0.15, 0.2) is 53.1 Å². The van der Waals surface area contributed by atoms with Crippen molar-refractivity contribution in [2.45, 2.75) is 12.6 Å². The third kappa shape index (κ3) is 4.50. The average molecular weight is 435 g/mol. The number of nitrogens with zero attached hydrogens (tertiary/aromatic N) is 3. The molecular formula is C18H16BrFN4O3. The minimum atomic E-state index is -0.884. The van der Waals surface area contributed by atoms with Crippen LogP contribution in [0.5, 0.6) is 5.75 Å². The van der Waals surface area contributed by atoms with E-state index < -0.39 is 17.8 Å². The Kier molecular flexibility index (Phi) is 5.82. The Labute approximate surface area is 162 Å². The van der Waals surface area contributed by atoms with Crippen molar-refractivity contribution in [1.29, 1.82) is 0 Å². The highest BCUT2D eigenvalue weighted by atomic mass is 79.9. The van der Waals surface area contributed by atoms with Gasteiger partial charge in [0.15, 0.2) is 5.69 Å².